The summed E-state index contributed by atoms with van der Waals surface area (Å²) in [5.74, 6) is 2.68. The van der Waals surface area contributed by atoms with E-state index in [-0.39, 0.29) is 0 Å². The number of nitrogen functional groups attached to an aromatic ring is 1. The van der Waals surface area contributed by atoms with Crippen LogP contribution in [0.2, 0.25) is 0 Å². The van der Waals surface area contributed by atoms with Gasteiger partial charge in [-0.15, -0.1) is 6.42 Å². The predicted molar refractivity (Wildman–Crippen MR) is 64.2 cm³/mol. The average molecular weight is 193 g/mol. The first-order valence-corrected chi connectivity index (χ1v) is 4.73. The third-order valence-corrected chi connectivity index (χ3v) is 2.30. The van der Waals surface area contributed by atoms with Gasteiger partial charge in [0, 0.05) is 11.3 Å². The highest BCUT2D eigenvalue weighted by atomic mass is 14.5. The average Bonchev–Trinajstić information content (AvgIpc) is 2.30. The van der Waals surface area contributed by atoms with Gasteiger partial charge in [0.15, 0.2) is 0 Å². The van der Waals surface area contributed by atoms with Crippen LogP contribution in [0.5, 0.6) is 0 Å². The fourth-order valence-electron chi connectivity index (χ4n) is 1.52. The Hall–Kier alpha value is -2.20. The van der Waals surface area contributed by atoms with E-state index in [1.807, 2.05) is 48.5 Å². The van der Waals surface area contributed by atoms with Crippen LogP contribution in [-0.2, 0) is 0 Å². The minimum absolute atomic E-state index is 0.761. The third kappa shape index (κ3) is 1.84. The largest absolute Gasteiger partial charge is 0.399 e. The van der Waals surface area contributed by atoms with Crippen molar-refractivity contribution in [3.8, 4) is 23.5 Å². The van der Waals surface area contributed by atoms with E-state index in [0.29, 0.717) is 0 Å². The van der Waals surface area contributed by atoms with Gasteiger partial charge in [0.25, 0.3) is 0 Å². The number of benzene rings is 2. The molecule has 0 aliphatic heterocycles. The highest BCUT2D eigenvalue weighted by molar-refractivity contribution is 5.71. The van der Waals surface area contributed by atoms with Crippen LogP contribution in [0.4, 0.5) is 5.69 Å². The lowest BCUT2D eigenvalue weighted by atomic mass is 10.00. The Balaban J connectivity index is 2.55. The molecule has 0 radical (unpaired) electrons. The minimum Gasteiger partial charge on any atom is -0.399 e. The molecular weight excluding hydrogens is 182 g/mol. The number of hydrogen-bond acceptors (Lipinski definition) is 1. The molecule has 0 unspecified atom stereocenters. The summed E-state index contributed by atoms with van der Waals surface area (Å²) in [5, 5.41) is 0. The van der Waals surface area contributed by atoms with Crippen LogP contribution in [0.15, 0.2) is 48.5 Å². The molecule has 1 heteroatoms. The van der Waals surface area contributed by atoms with Crippen molar-refractivity contribution in [1.29, 1.82) is 0 Å². The van der Waals surface area contributed by atoms with Gasteiger partial charge in [-0.2, -0.15) is 0 Å². The second-order valence-corrected chi connectivity index (χ2v) is 3.31. The number of anilines is 1. The first-order valence-electron chi connectivity index (χ1n) is 4.73. The van der Waals surface area contributed by atoms with Gasteiger partial charge in [-0.05, 0) is 29.3 Å². The van der Waals surface area contributed by atoms with E-state index in [1.54, 1.807) is 0 Å². The Morgan fingerprint density at radius 3 is 2.27 bits per heavy atom. The summed E-state index contributed by atoms with van der Waals surface area (Å²) in [6, 6.07) is 15.6. The topological polar surface area (TPSA) is 26.0 Å². The summed E-state index contributed by atoms with van der Waals surface area (Å²) < 4.78 is 0. The SMILES string of the molecule is C#Cc1ccccc1-c1ccc(N)cc1. The molecular formula is C14H11N. The molecule has 0 bridgehead atoms. The van der Waals surface area contributed by atoms with E-state index >= 15 is 0 Å². The standard InChI is InChI=1S/C14H11N/c1-2-11-5-3-4-6-14(11)12-7-9-13(15)10-8-12/h1,3-10H,15H2. The molecule has 0 saturated heterocycles. The summed E-state index contributed by atoms with van der Waals surface area (Å²) in [7, 11) is 0. The quantitative estimate of drug-likeness (QED) is 0.547. The van der Waals surface area contributed by atoms with Crippen LogP contribution in [0, 0.1) is 12.3 Å². The monoisotopic (exact) mass is 193 g/mol. The van der Waals surface area contributed by atoms with E-state index in [2.05, 4.69) is 5.92 Å². The summed E-state index contributed by atoms with van der Waals surface area (Å²) >= 11 is 0. The maximum absolute atomic E-state index is 5.63. The predicted octanol–water partition coefficient (Wildman–Crippen LogP) is 2.92. The van der Waals surface area contributed by atoms with Crippen LogP contribution in [0.3, 0.4) is 0 Å². The maximum atomic E-state index is 5.63. The Morgan fingerprint density at radius 1 is 0.933 bits per heavy atom. The van der Waals surface area contributed by atoms with Gasteiger partial charge >= 0.3 is 0 Å². The molecule has 15 heavy (non-hydrogen) atoms. The van der Waals surface area contributed by atoms with E-state index in [9.17, 15) is 0 Å². The molecule has 72 valence electrons. The van der Waals surface area contributed by atoms with Crippen molar-refractivity contribution in [3.63, 3.8) is 0 Å². The Bertz CT molecular complexity index is 504. The normalized spacial score (nSPS) is 9.53. The molecule has 0 aliphatic rings. The van der Waals surface area contributed by atoms with Gasteiger partial charge < -0.3 is 5.73 Å². The van der Waals surface area contributed by atoms with Crippen LogP contribution >= 0.6 is 0 Å². The molecule has 0 amide bonds. The van der Waals surface area contributed by atoms with Gasteiger partial charge in [0.2, 0.25) is 0 Å². The molecule has 0 atom stereocenters. The molecule has 2 aromatic rings. The van der Waals surface area contributed by atoms with Crippen LogP contribution < -0.4 is 5.73 Å². The number of hydrogen-bond donors (Lipinski definition) is 1. The van der Waals surface area contributed by atoms with Crippen molar-refractivity contribution in [3.05, 3.63) is 54.1 Å². The second-order valence-electron chi connectivity index (χ2n) is 3.31. The third-order valence-electron chi connectivity index (χ3n) is 2.30. The van der Waals surface area contributed by atoms with Crippen molar-refractivity contribution < 1.29 is 0 Å². The molecule has 0 fully saturated rings. The Labute approximate surface area is 89.6 Å². The van der Waals surface area contributed by atoms with Gasteiger partial charge in [-0.1, -0.05) is 36.3 Å². The summed E-state index contributed by atoms with van der Waals surface area (Å²) in [6.07, 6.45) is 5.44. The highest BCUT2D eigenvalue weighted by Gasteiger charge is 2.01. The fourth-order valence-corrected chi connectivity index (χ4v) is 1.52. The van der Waals surface area contributed by atoms with Crippen LogP contribution in [0.1, 0.15) is 5.56 Å². The molecule has 0 aliphatic carbocycles. The van der Waals surface area contributed by atoms with Crippen molar-refractivity contribution in [2.24, 2.45) is 0 Å². The van der Waals surface area contributed by atoms with E-state index < -0.39 is 0 Å². The molecule has 0 heterocycles. The molecule has 0 spiro atoms. The van der Waals surface area contributed by atoms with E-state index in [4.69, 9.17) is 12.2 Å². The lowest BCUT2D eigenvalue weighted by Crippen LogP contribution is -1.86. The van der Waals surface area contributed by atoms with Crippen molar-refractivity contribution in [1.82, 2.24) is 0 Å². The molecule has 2 N–H and O–H groups in total. The molecule has 0 aromatic heterocycles. The molecule has 0 saturated carbocycles. The molecule has 2 rings (SSSR count). The second kappa shape index (κ2) is 3.89. The Kier molecular flexibility index (Phi) is 2.43. The zero-order chi connectivity index (χ0) is 10.7. The lowest BCUT2D eigenvalue weighted by Gasteiger charge is -2.04. The number of rotatable bonds is 1. The molecule has 2 aromatic carbocycles. The van der Waals surface area contributed by atoms with Gasteiger partial charge in [-0.25, -0.2) is 0 Å². The summed E-state index contributed by atoms with van der Waals surface area (Å²) in [5.41, 5.74) is 9.47. The first-order chi connectivity index (χ1) is 7.31. The van der Waals surface area contributed by atoms with E-state index in [1.165, 1.54) is 0 Å². The zero-order valence-corrected chi connectivity index (χ0v) is 8.27. The van der Waals surface area contributed by atoms with Crippen LogP contribution in [0.25, 0.3) is 11.1 Å². The van der Waals surface area contributed by atoms with Gasteiger partial charge in [-0.3, -0.25) is 0 Å². The van der Waals surface area contributed by atoms with Crippen LogP contribution in [-0.4, -0.2) is 0 Å². The zero-order valence-electron chi connectivity index (χ0n) is 8.27. The van der Waals surface area contributed by atoms with Gasteiger partial charge in [0.1, 0.15) is 0 Å². The fraction of sp³-hybridized carbons (Fsp3) is 0. The van der Waals surface area contributed by atoms with Crippen molar-refractivity contribution in [2.45, 2.75) is 0 Å². The summed E-state index contributed by atoms with van der Waals surface area (Å²) in [4.78, 5) is 0. The first kappa shape index (κ1) is 9.36. The van der Waals surface area contributed by atoms with Crippen molar-refractivity contribution in [2.75, 3.05) is 5.73 Å². The van der Waals surface area contributed by atoms with E-state index in [0.717, 1.165) is 22.4 Å². The number of nitrogens with two attached hydrogens (primary N) is 1. The minimum atomic E-state index is 0.761. The molecule has 1 nitrogen and oxygen atoms in total. The van der Waals surface area contributed by atoms with Crippen molar-refractivity contribution >= 4 is 5.69 Å². The smallest absolute Gasteiger partial charge is 0.0321 e. The number of terminal acetylenes is 1. The Morgan fingerprint density at radius 2 is 1.60 bits per heavy atom. The maximum Gasteiger partial charge on any atom is 0.0321 e. The lowest BCUT2D eigenvalue weighted by molar-refractivity contribution is 1.58. The summed E-state index contributed by atoms with van der Waals surface area (Å²) in [6.45, 7) is 0. The van der Waals surface area contributed by atoms with Gasteiger partial charge in [0.05, 0.1) is 0 Å². The highest BCUT2D eigenvalue weighted by Crippen LogP contribution is 2.23.